The molecule has 0 heterocycles. The lowest BCUT2D eigenvalue weighted by Crippen LogP contribution is -2.22. The molecule has 0 aliphatic heterocycles. The number of rotatable bonds is 6. The van der Waals surface area contributed by atoms with E-state index in [-0.39, 0.29) is 0 Å². The molecule has 0 aliphatic carbocycles. The summed E-state index contributed by atoms with van der Waals surface area (Å²) in [6, 6.07) is 6.56. The van der Waals surface area contributed by atoms with Crippen LogP contribution in [0.15, 0.2) is 27.1 Å². The number of hydrogen-bond acceptors (Lipinski definition) is 1. The van der Waals surface area contributed by atoms with Gasteiger partial charge in [0.15, 0.2) is 0 Å². The van der Waals surface area contributed by atoms with Gasteiger partial charge in [-0.3, -0.25) is 0 Å². The SMILES string of the molecule is C#CCCC(NCCC)c1cc(Br)ccc1Br. The van der Waals surface area contributed by atoms with Crippen LogP contribution in [-0.4, -0.2) is 6.54 Å². The molecule has 1 aromatic carbocycles. The zero-order valence-corrected chi connectivity index (χ0v) is 13.1. The molecule has 0 spiro atoms. The smallest absolute Gasteiger partial charge is 0.0340 e. The van der Waals surface area contributed by atoms with Gasteiger partial charge in [0.2, 0.25) is 0 Å². The Hall–Kier alpha value is -0.300. The van der Waals surface area contributed by atoms with E-state index in [1.165, 1.54) is 5.56 Å². The number of nitrogens with one attached hydrogen (secondary N) is 1. The first kappa shape index (κ1) is 14.8. The Bertz CT molecular complexity index is 396. The minimum Gasteiger partial charge on any atom is -0.310 e. The highest BCUT2D eigenvalue weighted by Crippen LogP contribution is 2.29. The second-order valence-electron chi connectivity index (χ2n) is 3.92. The van der Waals surface area contributed by atoms with Crippen molar-refractivity contribution in [1.82, 2.24) is 5.32 Å². The van der Waals surface area contributed by atoms with Crippen molar-refractivity contribution in [2.75, 3.05) is 6.54 Å². The highest BCUT2D eigenvalue weighted by atomic mass is 79.9. The number of benzene rings is 1. The minimum atomic E-state index is 0.317. The third-order valence-corrected chi connectivity index (χ3v) is 3.77. The Labute approximate surface area is 121 Å². The summed E-state index contributed by atoms with van der Waals surface area (Å²) in [5, 5.41) is 3.54. The van der Waals surface area contributed by atoms with Crippen LogP contribution in [0.5, 0.6) is 0 Å². The van der Waals surface area contributed by atoms with Crippen molar-refractivity contribution in [2.45, 2.75) is 32.2 Å². The molecule has 0 aliphatic rings. The van der Waals surface area contributed by atoms with Gasteiger partial charge in [-0.05, 0) is 43.1 Å². The zero-order chi connectivity index (χ0) is 12.7. The molecule has 0 saturated heterocycles. The van der Waals surface area contributed by atoms with E-state index in [2.05, 4.69) is 62.2 Å². The van der Waals surface area contributed by atoms with Gasteiger partial charge in [-0.1, -0.05) is 38.8 Å². The lowest BCUT2D eigenvalue weighted by molar-refractivity contribution is 0.504. The van der Waals surface area contributed by atoms with E-state index in [1.807, 2.05) is 6.07 Å². The topological polar surface area (TPSA) is 12.0 Å². The summed E-state index contributed by atoms with van der Waals surface area (Å²) in [7, 11) is 0. The molecule has 0 saturated carbocycles. The van der Waals surface area contributed by atoms with Crippen molar-refractivity contribution in [2.24, 2.45) is 0 Å². The first-order valence-corrected chi connectivity index (χ1v) is 7.39. The summed E-state index contributed by atoms with van der Waals surface area (Å²) in [4.78, 5) is 0. The third kappa shape index (κ3) is 4.83. The van der Waals surface area contributed by atoms with Crippen LogP contribution >= 0.6 is 31.9 Å². The molecule has 1 atom stereocenters. The van der Waals surface area contributed by atoms with Crippen LogP contribution in [0, 0.1) is 12.3 Å². The van der Waals surface area contributed by atoms with E-state index in [4.69, 9.17) is 6.42 Å². The van der Waals surface area contributed by atoms with Gasteiger partial charge in [0.1, 0.15) is 0 Å². The maximum atomic E-state index is 5.35. The quantitative estimate of drug-likeness (QED) is 0.729. The fourth-order valence-electron chi connectivity index (χ4n) is 1.70. The molecular weight excluding hydrogens is 342 g/mol. The number of hydrogen-bond donors (Lipinski definition) is 1. The molecule has 0 bridgehead atoms. The summed E-state index contributed by atoms with van der Waals surface area (Å²) in [5.74, 6) is 2.71. The van der Waals surface area contributed by atoms with Gasteiger partial charge in [-0.15, -0.1) is 12.3 Å². The predicted molar refractivity (Wildman–Crippen MR) is 80.9 cm³/mol. The van der Waals surface area contributed by atoms with Crippen LogP contribution in [0.4, 0.5) is 0 Å². The highest BCUT2D eigenvalue weighted by molar-refractivity contribution is 9.11. The second kappa shape index (κ2) is 7.92. The molecule has 1 rings (SSSR count). The van der Waals surface area contributed by atoms with Crippen molar-refractivity contribution in [1.29, 1.82) is 0 Å². The summed E-state index contributed by atoms with van der Waals surface area (Å²) in [6.07, 6.45) is 8.23. The Balaban J connectivity index is 2.86. The van der Waals surface area contributed by atoms with Gasteiger partial charge in [0.05, 0.1) is 0 Å². The van der Waals surface area contributed by atoms with E-state index in [0.717, 1.165) is 34.8 Å². The van der Waals surface area contributed by atoms with Gasteiger partial charge < -0.3 is 5.32 Å². The van der Waals surface area contributed by atoms with E-state index in [9.17, 15) is 0 Å². The van der Waals surface area contributed by atoms with E-state index < -0.39 is 0 Å². The Morgan fingerprint density at radius 3 is 2.82 bits per heavy atom. The van der Waals surface area contributed by atoms with Crippen LogP contribution in [0.25, 0.3) is 0 Å². The molecule has 0 aromatic heterocycles. The summed E-state index contributed by atoms with van der Waals surface area (Å²) < 4.78 is 2.23. The van der Waals surface area contributed by atoms with Crippen LogP contribution in [-0.2, 0) is 0 Å². The Kier molecular flexibility index (Phi) is 6.87. The molecule has 1 N–H and O–H groups in total. The third-order valence-electron chi connectivity index (χ3n) is 2.55. The summed E-state index contributed by atoms with van der Waals surface area (Å²) in [5.41, 5.74) is 1.27. The molecule has 3 heteroatoms. The largest absolute Gasteiger partial charge is 0.310 e. The molecule has 0 fully saturated rings. The molecule has 1 nitrogen and oxygen atoms in total. The molecule has 17 heavy (non-hydrogen) atoms. The fraction of sp³-hybridized carbons (Fsp3) is 0.429. The minimum absolute atomic E-state index is 0.317. The standard InChI is InChI=1S/C14H17Br2N/c1-3-5-6-14(17-9-4-2)12-10-11(15)7-8-13(12)16/h1,7-8,10,14,17H,4-6,9H2,2H3. The van der Waals surface area contributed by atoms with Crippen molar-refractivity contribution in [3.05, 3.63) is 32.7 Å². The maximum Gasteiger partial charge on any atom is 0.0340 e. The van der Waals surface area contributed by atoms with Crippen LogP contribution < -0.4 is 5.32 Å². The van der Waals surface area contributed by atoms with Gasteiger partial charge in [-0.2, -0.15) is 0 Å². The lowest BCUT2D eigenvalue weighted by Gasteiger charge is -2.19. The van der Waals surface area contributed by atoms with Crippen molar-refractivity contribution in [3.8, 4) is 12.3 Å². The number of halogens is 2. The molecule has 92 valence electrons. The van der Waals surface area contributed by atoms with Crippen LogP contribution in [0.2, 0.25) is 0 Å². The van der Waals surface area contributed by atoms with Crippen molar-refractivity contribution < 1.29 is 0 Å². The Morgan fingerprint density at radius 1 is 1.41 bits per heavy atom. The first-order chi connectivity index (χ1) is 8.19. The second-order valence-corrected chi connectivity index (χ2v) is 5.69. The summed E-state index contributed by atoms with van der Waals surface area (Å²) >= 11 is 7.11. The predicted octanol–water partition coefficient (Wildman–Crippen LogP) is 4.67. The Morgan fingerprint density at radius 2 is 2.18 bits per heavy atom. The lowest BCUT2D eigenvalue weighted by atomic mass is 10.0. The van der Waals surface area contributed by atoms with Gasteiger partial charge in [-0.25, -0.2) is 0 Å². The maximum absolute atomic E-state index is 5.35. The molecular formula is C14H17Br2N. The molecule has 0 radical (unpaired) electrons. The van der Waals surface area contributed by atoms with Crippen LogP contribution in [0.1, 0.15) is 37.8 Å². The average molecular weight is 359 g/mol. The van der Waals surface area contributed by atoms with E-state index in [0.29, 0.717) is 6.04 Å². The fourth-order valence-corrected chi connectivity index (χ4v) is 2.60. The zero-order valence-electron chi connectivity index (χ0n) is 9.97. The monoisotopic (exact) mass is 357 g/mol. The van der Waals surface area contributed by atoms with Gasteiger partial charge in [0, 0.05) is 21.4 Å². The van der Waals surface area contributed by atoms with Crippen molar-refractivity contribution >= 4 is 31.9 Å². The van der Waals surface area contributed by atoms with E-state index >= 15 is 0 Å². The molecule has 0 amide bonds. The van der Waals surface area contributed by atoms with Gasteiger partial charge in [0.25, 0.3) is 0 Å². The normalized spacial score (nSPS) is 12.1. The highest BCUT2D eigenvalue weighted by Gasteiger charge is 2.13. The number of terminal acetylenes is 1. The summed E-state index contributed by atoms with van der Waals surface area (Å²) in [6.45, 7) is 3.18. The molecule has 1 aromatic rings. The van der Waals surface area contributed by atoms with E-state index in [1.54, 1.807) is 0 Å². The molecule has 1 unspecified atom stereocenters. The average Bonchev–Trinajstić information content (AvgIpc) is 2.33. The first-order valence-electron chi connectivity index (χ1n) is 5.80. The van der Waals surface area contributed by atoms with Gasteiger partial charge >= 0.3 is 0 Å². The van der Waals surface area contributed by atoms with Crippen molar-refractivity contribution in [3.63, 3.8) is 0 Å². The van der Waals surface area contributed by atoms with Crippen LogP contribution in [0.3, 0.4) is 0 Å².